The number of carbonyl (C=O) groups excluding carboxylic acids is 3. The molecule has 8 heteroatoms. The van der Waals surface area contributed by atoms with Crippen molar-refractivity contribution >= 4 is 34.7 Å². The van der Waals surface area contributed by atoms with Crippen LogP contribution in [-0.4, -0.2) is 35.3 Å². The maximum Gasteiger partial charge on any atom is 0.265 e. The van der Waals surface area contributed by atoms with Crippen LogP contribution in [0.25, 0.3) is 0 Å². The molecule has 0 radical (unpaired) electrons. The van der Waals surface area contributed by atoms with Gasteiger partial charge >= 0.3 is 0 Å². The first kappa shape index (κ1) is 19.9. The third kappa shape index (κ3) is 3.86. The fourth-order valence-electron chi connectivity index (χ4n) is 3.42. The minimum absolute atomic E-state index is 0.0795. The maximum atomic E-state index is 13.2. The molecule has 1 aromatic carbocycles. The zero-order valence-corrected chi connectivity index (χ0v) is 17.1. The van der Waals surface area contributed by atoms with E-state index >= 15 is 0 Å². The van der Waals surface area contributed by atoms with Crippen LogP contribution in [0, 0.1) is 0 Å². The van der Waals surface area contributed by atoms with E-state index in [9.17, 15) is 14.4 Å². The second-order valence-electron chi connectivity index (χ2n) is 6.70. The standard InChI is InChI=1S/C22H20N2O5S/c1-2-28-16-9-7-15(8-10-16)24-20(25)13-18(21(24)26)23(14-17-5-3-11-29-17)22(27)19-6-4-12-30-19/h3-12,18H,2,13-14H2,1H3. The molecule has 0 spiro atoms. The second kappa shape index (κ2) is 8.54. The summed E-state index contributed by atoms with van der Waals surface area (Å²) < 4.78 is 10.8. The highest BCUT2D eigenvalue weighted by Crippen LogP contribution is 2.29. The van der Waals surface area contributed by atoms with Gasteiger partial charge in [0.25, 0.3) is 11.8 Å². The van der Waals surface area contributed by atoms with Crippen LogP contribution >= 0.6 is 11.3 Å². The molecule has 3 amide bonds. The molecule has 30 heavy (non-hydrogen) atoms. The number of rotatable bonds is 7. The Morgan fingerprint density at radius 2 is 2.00 bits per heavy atom. The molecule has 7 nitrogen and oxygen atoms in total. The first-order valence-corrected chi connectivity index (χ1v) is 10.4. The van der Waals surface area contributed by atoms with E-state index in [2.05, 4.69) is 0 Å². The molecule has 0 N–H and O–H groups in total. The van der Waals surface area contributed by atoms with Gasteiger partial charge in [0.1, 0.15) is 17.6 Å². The molecule has 1 aliphatic heterocycles. The van der Waals surface area contributed by atoms with Crippen LogP contribution < -0.4 is 9.64 Å². The summed E-state index contributed by atoms with van der Waals surface area (Å²) in [4.78, 5) is 42.1. The molecular weight excluding hydrogens is 404 g/mol. The first-order valence-electron chi connectivity index (χ1n) is 9.55. The highest BCUT2D eigenvalue weighted by molar-refractivity contribution is 7.12. The quantitative estimate of drug-likeness (QED) is 0.540. The van der Waals surface area contributed by atoms with E-state index < -0.39 is 11.9 Å². The lowest BCUT2D eigenvalue weighted by molar-refractivity contribution is -0.122. The monoisotopic (exact) mass is 424 g/mol. The smallest absolute Gasteiger partial charge is 0.265 e. The van der Waals surface area contributed by atoms with Crippen LogP contribution in [0.4, 0.5) is 5.69 Å². The van der Waals surface area contributed by atoms with Gasteiger partial charge in [-0.3, -0.25) is 14.4 Å². The van der Waals surface area contributed by atoms with E-state index in [1.165, 1.54) is 22.5 Å². The van der Waals surface area contributed by atoms with Gasteiger partial charge in [-0.1, -0.05) is 6.07 Å². The summed E-state index contributed by atoms with van der Waals surface area (Å²) in [5.41, 5.74) is 0.456. The van der Waals surface area contributed by atoms with E-state index in [0.29, 0.717) is 28.7 Å². The summed E-state index contributed by atoms with van der Waals surface area (Å²) in [6, 6.07) is 12.8. The third-order valence-corrected chi connectivity index (χ3v) is 5.66. The Kier molecular flexibility index (Phi) is 5.67. The Hall–Kier alpha value is -3.39. The van der Waals surface area contributed by atoms with Gasteiger partial charge in [-0.15, -0.1) is 11.3 Å². The predicted molar refractivity (Wildman–Crippen MR) is 111 cm³/mol. The van der Waals surface area contributed by atoms with Crippen molar-refractivity contribution in [1.29, 1.82) is 0 Å². The molecule has 0 bridgehead atoms. The molecule has 2 aromatic heterocycles. The third-order valence-electron chi connectivity index (χ3n) is 4.80. The van der Waals surface area contributed by atoms with Gasteiger partial charge in [0.2, 0.25) is 5.91 Å². The number of anilines is 1. The number of amides is 3. The Balaban J connectivity index is 1.62. The van der Waals surface area contributed by atoms with Gasteiger partial charge < -0.3 is 14.1 Å². The number of carbonyl (C=O) groups is 3. The van der Waals surface area contributed by atoms with Crippen LogP contribution in [0.3, 0.4) is 0 Å². The van der Waals surface area contributed by atoms with Crippen LogP contribution in [0.5, 0.6) is 5.75 Å². The van der Waals surface area contributed by atoms with Crippen LogP contribution in [0.1, 0.15) is 28.8 Å². The Labute approximate surface area is 177 Å². The van der Waals surface area contributed by atoms with Crippen molar-refractivity contribution in [3.05, 3.63) is 70.8 Å². The second-order valence-corrected chi connectivity index (χ2v) is 7.65. The van der Waals surface area contributed by atoms with Crippen molar-refractivity contribution in [2.45, 2.75) is 25.9 Å². The molecule has 1 unspecified atom stereocenters. The van der Waals surface area contributed by atoms with Crippen LogP contribution in [-0.2, 0) is 16.1 Å². The van der Waals surface area contributed by atoms with Gasteiger partial charge in [0.05, 0.1) is 36.4 Å². The summed E-state index contributed by atoms with van der Waals surface area (Å²) in [6.07, 6.45) is 1.43. The number of imide groups is 1. The Morgan fingerprint density at radius 3 is 2.63 bits per heavy atom. The summed E-state index contributed by atoms with van der Waals surface area (Å²) in [5.74, 6) is 0.114. The lowest BCUT2D eigenvalue weighted by Gasteiger charge is -2.26. The zero-order valence-electron chi connectivity index (χ0n) is 16.3. The maximum absolute atomic E-state index is 13.2. The lowest BCUT2D eigenvalue weighted by Crippen LogP contribution is -2.44. The lowest BCUT2D eigenvalue weighted by atomic mass is 10.2. The average Bonchev–Trinajstić information content (AvgIpc) is 3.49. The molecule has 0 aliphatic carbocycles. The van der Waals surface area contributed by atoms with Crippen molar-refractivity contribution in [2.24, 2.45) is 0 Å². The Morgan fingerprint density at radius 1 is 1.20 bits per heavy atom. The van der Waals surface area contributed by atoms with Crippen molar-refractivity contribution < 1.29 is 23.5 Å². The SMILES string of the molecule is CCOc1ccc(N2C(=O)CC(N(Cc3ccco3)C(=O)c3cccs3)C2=O)cc1. The summed E-state index contributed by atoms with van der Waals surface area (Å²) in [6.45, 7) is 2.50. The van der Waals surface area contributed by atoms with Gasteiger partial charge in [-0.05, 0) is 54.8 Å². The molecule has 3 aromatic rings. The molecule has 154 valence electrons. The van der Waals surface area contributed by atoms with E-state index in [1.807, 2.05) is 6.92 Å². The highest BCUT2D eigenvalue weighted by atomic mass is 32.1. The van der Waals surface area contributed by atoms with Gasteiger partial charge in [0.15, 0.2) is 0 Å². The molecule has 1 atom stereocenters. The number of hydrogen-bond donors (Lipinski definition) is 0. The van der Waals surface area contributed by atoms with E-state index in [1.54, 1.807) is 53.9 Å². The summed E-state index contributed by atoms with van der Waals surface area (Å²) >= 11 is 1.29. The Bertz CT molecular complexity index is 1030. The van der Waals surface area contributed by atoms with Gasteiger partial charge in [-0.25, -0.2) is 4.90 Å². The number of furan rings is 1. The zero-order chi connectivity index (χ0) is 21.1. The molecule has 1 aliphatic rings. The van der Waals surface area contributed by atoms with E-state index in [-0.39, 0.29) is 24.8 Å². The predicted octanol–water partition coefficient (Wildman–Crippen LogP) is 3.71. The topological polar surface area (TPSA) is 80.1 Å². The van der Waals surface area contributed by atoms with Crippen LogP contribution in [0.2, 0.25) is 0 Å². The van der Waals surface area contributed by atoms with Crippen LogP contribution in [0.15, 0.2) is 64.6 Å². The van der Waals surface area contributed by atoms with Crippen molar-refractivity contribution in [3.8, 4) is 5.75 Å². The normalized spacial score (nSPS) is 16.2. The molecule has 3 heterocycles. The largest absolute Gasteiger partial charge is 0.494 e. The average molecular weight is 424 g/mol. The molecule has 1 saturated heterocycles. The van der Waals surface area contributed by atoms with Gasteiger partial charge in [0, 0.05) is 0 Å². The minimum Gasteiger partial charge on any atom is -0.494 e. The van der Waals surface area contributed by atoms with E-state index in [0.717, 1.165) is 4.90 Å². The highest BCUT2D eigenvalue weighted by Gasteiger charge is 2.45. The first-order chi connectivity index (χ1) is 14.6. The number of benzene rings is 1. The van der Waals surface area contributed by atoms with Crippen molar-refractivity contribution in [1.82, 2.24) is 4.90 Å². The number of ether oxygens (including phenoxy) is 1. The minimum atomic E-state index is -0.899. The molecule has 1 fully saturated rings. The fraction of sp³-hybridized carbons (Fsp3) is 0.227. The molecular formula is C22H20N2O5S. The van der Waals surface area contributed by atoms with E-state index in [4.69, 9.17) is 9.15 Å². The number of hydrogen-bond acceptors (Lipinski definition) is 6. The number of thiophene rings is 1. The fourth-order valence-corrected chi connectivity index (χ4v) is 4.10. The summed E-state index contributed by atoms with van der Waals surface area (Å²) in [5, 5.41) is 1.80. The summed E-state index contributed by atoms with van der Waals surface area (Å²) in [7, 11) is 0. The van der Waals surface area contributed by atoms with Crippen molar-refractivity contribution in [3.63, 3.8) is 0 Å². The number of nitrogens with zero attached hydrogens (tertiary/aromatic N) is 2. The molecule has 0 saturated carbocycles. The molecule has 4 rings (SSSR count). The van der Waals surface area contributed by atoms with Crippen molar-refractivity contribution in [2.75, 3.05) is 11.5 Å². The van der Waals surface area contributed by atoms with Gasteiger partial charge in [-0.2, -0.15) is 0 Å².